The molecule has 0 spiro atoms. The summed E-state index contributed by atoms with van der Waals surface area (Å²) in [5, 5.41) is 6.05. The summed E-state index contributed by atoms with van der Waals surface area (Å²) in [7, 11) is 0. The van der Waals surface area contributed by atoms with Crippen molar-refractivity contribution in [2.45, 2.75) is 45.8 Å². The van der Waals surface area contributed by atoms with E-state index in [1.807, 2.05) is 13.8 Å². The summed E-state index contributed by atoms with van der Waals surface area (Å²) in [6.07, 6.45) is 2.20. The molecule has 20 heavy (non-hydrogen) atoms. The van der Waals surface area contributed by atoms with Crippen molar-refractivity contribution in [2.75, 3.05) is 18.5 Å². The minimum absolute atomic E-state index is 0.134. The number of nitrogens with one attached hydrogen (secondary N) is 2. The van der Waals surface area contributed by atoms with E-state index in [0.717, 1.165) is 19.4 Å². The molecule has 6 heteroatoms. The zero-order valence-electron chi connectivity index (χ0n) is 12.3. The van der Waals surface area contributed by atoms with Crippen LogP contribution in [0, 0.1) is 6.92 Å². The van der Waals surface area contributed by atoms with Gasteiger partial charge in [0.25, 0.3) is 5.91 Å². The number of aryl methyl sites for hydroxylation is 1. The number of ether oxygens (including phenoxy) is 1. The van der Waals surface area contributed by atoms with Crippen molar-refractivity contribution in [1.29, 1.82) is 0 Å². The molecule has 6 nitrogen and oxygen atoms in total. The van der Waals surface area contributed by atoms with E-state index in [-0.39, 0.29) is 18.1 Å². The molecule has 1 aromatic heterocycles. The van der Waals surface area contributed by atoms with Gasteiger partial charge in [0, 0.05) is 25.3 Å². The lowest BCUT2D eigenvalue weighted by Gasteiger charge is -2.12. The van der Waals surface area contributed by atoms with E-state index in [2.05, 4.69) is 20.6 Å². The first-order valence-electron chi connectivity index (χ1n) is 7.06. The SMILES string of the molecule is Cc1nc(NC(C)C)cc(C(=O)NCC2CCCO2)n1. The van der Waals surface area contributed by atoms with Crippen LogP contribution in [0.4, 0.5) is 5.82 Å². The number of anilines is 1. The highest BCUT2D eigenvalue weighted by Crippen LogP contribution is 2.11. The summed E-state index contributed by atoms with van der Waals surface area (Å²) < 4.78 is 5.48. The molecule has 2 N–H and O–H groups in total. The topological polar surface area (TPSA) is 76.1 Å². The smallest absolute Gasteiger partial charge is 0.270 e. The van der Waals surface area contributed by atoms with Crippen LogP contribution >= 0.6 is 0 Å². The van der Waals surface area contributed by atoms with Crippen LogP contribution in [0.3, 0.4) is 0 Å². The number of rotatable bonds is 5. The van der Waals surface area contributed by atoms with Gasteiger partial charge in [0.2, 0.25) is 0 Å². The zero-order valence-corrected chi connectivity index (χ0v) is 12.3. The molecule has 0 aliphatic carbocycles. The number of hydrogen-bond donors (Lipinski definition) is 2. The summed E-state index contributed by atoms with van der Waals surface area (Å²) in [5.74, 6) is 1.07. The molecule has 1 aromatic rings. The van der Waals surface area contributed by atoms with Gasteiger partial charge in [-0.25, -0.2) is 9.97 Å². The molecule has 0 saturated carbocycles. The summed E-state index contributed by atoms with van der Waals surface area (Å²) in [6, 6.07) is 1.93. The summed E-state index contributed by atoms with van der Waals surface area (Å²) in [6.45, 7) is 7.15. The van der Waals surface area contributed by atoms with E-state index >= 15 is 0 Å². The standard InChI is InChI=1S/C14H22N4O2/c1-9(2)16-13-7-12(17-10(3)18-13)14(19)15-8-11-5-4-6-20-11/h7,9,11H,4-6,8H2,1-3H3,(H,15,19)(H,16,17,18). The number of nitrogens with zero attached hydrogens (tertiary/aromatic N) is 2. The Kier molecular flexibility index (Phi) is 4.89. The lowest BCUT2D eigenvalue weighted by Crippen LogP contribution is -2.32. The van der Waals surface area contributed by atoms with Gasteiger partial charge in [-0.15, -0.1) is 0 Å². The first-order chi connectivity index (χ1) is 9.54. The Balaban J connectivity index is 1.99. The second-order valence-corrected chi connectivity index (χ2v) is 5.33. The molecule has 0 radical (unpaired) electrons. The maximum atomic E-state index is 12.1. The highest BCUT2D eigenvalue weighted by atomic mass is 16.5. The average Bonchev–Trinajstić information content (AvgIpc) is 2.87. The minimum atomic E-state index is -0.183. The van der Waals surface area contributed by atoms with Crippen molar-refractivity contribution in [2.24, 2.45) is 0 Å². The van der Waals surface area contributed by atoms with Crippen LogP contribution in [0.15, 0.2) is 6.07 Å². The molecule has 2 heterocycles. The second-order valence-electron chi connectivity index (χ2n) is 5.33. The monoisotopic (exact) mass is 278 g/mol. The molecule has 1 aliphatic heterocycles. The van der Waals surface area contributed by atoms with Crippen molar-refractivity contribution >= 4 is 11.7 Å². The van der Waals surface area contributed by atoms with Gasteiger partial charge in [0.15, 0.2) is 0 Å². The van der Waals surface area contributed by atoms with E-state index in [4.69, 9.17) is 4.74 Å². The molecular formula is C14H22N4O2. The van der Waals surface area contributed by atoms with Crippen molar-refractivity contribution in [3.05, 3.63) is 17.6 Å². The van der Waals surface area contributed by atoms with Crippen molar-refractivity contribution in [3.63, 3.8) is 0 Å². The van der Waals surface area contributed by atoms with E-state index in [1.54, 1.807) is 13.0 Å². The molecule has 110 valence electrons. The van der Waals surface area contributed by atoms with Gasteiger partial charge >= 0.3 is 0 Å². The number of carbonyl (C=O) groups is 1. The van der Waals surface area contributed by atoms with Crippen LogP contribution in [-0.4, -0.2) is 41.2 Å². The van der Waals surface area contributed by atoms with Crippen LogP contribution in [-0.2, 0) is 4.74 Å². The van der Waals surface area contributed by atoms with Gasteiger partial charge in [0.1, 0.15) is 17.3 Å². The molecule has 0 aromatic carbocycles. The molecular weight excluding hydrogens is 256 g/mol. The van der Waals surface area contributed by atoms with Gasteiger partial charge in [-0.3, -0.25) is 4.79 Å². The third kappa shape index (κ3) is 4.16. The highest BCUT2D eigenvalue weighted by molar-refractivity contribution is 5.92. The van der Waals surface area contributed by atoms with Crippen molar-refractivity contribution < 1.29 is 9.53 Å². The maximum Gasteiger partial charge on any atom is 0.270 e. The van der Waals surface area contributed by atoms with Gasteiger partial charge in [-0.2, -0.15) is 0 Å². The number of hydrogen-bond acceptors (Lipinski definition) is 5. The van der Waals surface area contributed by atoms with Crippen LogP contribution < -0.4 is 10.6 Å². The van der Waals surface area contributed by atoms with Crippen molar-refractivity contribution in [3.8, 4) is 0 Å². The van der Waals surface area contributed by atoms with Crippen LogP contribution in [0.5, 0.6) is 0 Å². The van der Waals surface area contributed by atoms with Gasteiger partial charge in [-0.05, 0) is 33.6 Å². The Labute approximate surface area is 119 Å². The molecule has 1 unspecified atom stereocenters. The van der Waals surface area contributed by atoms with E-state index in [1.165, 1.54) is 0 Å². The lowest BCUT2D eigenvalue weighted by molar-refractivity contribution is 0.0853. The molecule has 1 aliphatic rings. The number of aromatic nitrogens is 2. The Morgan fingerprint density at radius 3 is 2.95 bits per heavy atom. The van der Waals surface area contributed by atoms with Gasteiger partial charge in [0.05, 0.1) is 6.10 Å². The quantitative estimate of drug-likeness (QED) is 0.854. The molecule has 0 bridgehead atoms. The number of carbonyl (C=O) groups excluding carboxylic acids is 1. The van der Waals surface area contributed by atoms with E-state index < -0.39 is 0 Å². The van der Waals surface area contributed by atoms with Crippen molar-refractivity contribution in [1.82, 2.24) is 15.3 Å². The van der Waals surface area contributed by atoms with Gasteiger partial charge < -0.3 is 15.4 Å². The Hall–Kier alpha value is -1.69. The molecule has 2 rings (SSSR count). The third-order valence-corrected chi connectivity index (χ3v) is 3.02. The number of amides is 1. The first kappa shape index (κ1) is 14.7. The zero-order chi connectivity index (χ0) is 14.5. The normalized spacial score (nSPS) is 18.3. The summed E-state index contributed by atoms with van der Waals surface area (Å²) in [4.78, 5) is 20.6. The average molecular weight is 278 g/mol. The Morgan fingerprint density at radius 2 is 2.30 bits per heavy atom. The lowest BCUT2D eigenvalue weighted by atomic mass is 10.2. The second kappa shape index (κ2) is 6.65. The maximum absolute atomic E-state index is 12.1. The third-order valence-electron chi connectivity index (χ3n) is 3.02. The summed E-state index contributed by atoms with van der Waals surface area (Å²) >= 11 is 0. The fourth-order valence-electron chi connectivity index (χ4n) is 2.16. The first-order valence-corrected chi connectivity index (χ1v) is 7.06. The van der Waals surface area contributed by atoms with Crippen LogP contribution in [0.25, 0.3) is 0 Å². The molecule has 1 saturated heterocycles. The van der Waals surface area contributed by atoms with E-state index in [0.29, 0.717) is 23.9 Å². The van der Waals surface area contributed by atoms with Crippen LogP contribution in [0.1, 0.15) is 43.0 Å². The minimum Gasteiger partial charge on any atom is -0.376 e. The van der Waals surface area contributed by atoms with Crippen LogP contribution in [0.2, 0.25) is 0 Å². The summed E-state index contributed by atoms with van der Waals surface area (Å²) in [5.41, 5.74) is 0.388. The predicted molar refractivity (Wildman–Crippen MR) is 76.8 cm³/mol. The Morgan fingerprint density at radius 1 is 1.50 bits per heavy atom. The molecule has 1 atom stereocenters. The Bertz CT molecular complexity index is 470. The fraction of sp³-hybridized carbons (Fsp3) is 0.643. The largest absolute Gasteiger partial charge is 0.376 e. The molecule has 1 fully saturated rings. The molecule has 1 amide bonds. The van der Waals surface area contributed by atoms with Gasteiger partial charge in [-0.1, -0.05) is 0 Å². The van der Waals surface area contributed by atoms with E-state index in [9.17, 15) is 4.79 Å². The predicted octanol–water partition coefficient (Wildman–Crippen LogP) is 1.51. The highest BCUT2D eigenvalue weighted by Gasteiger charge is 2.17. The fourth-order valence-corrected chi connectivity index (χ4v) is 2.16.